The number of rotatable bonds is 5. The average Bonchev–Trinajstić information content (AvgIpc) is 2.59. The summed E-state index contributed by atoms with van der Waals surface area (Å²) in [4.78, 5) is 0. The van der Waals surface area contributed by atoms with Crippen molar-refractivity contribution in [1.82, 2.24) is 21.5 Å². The molecule has 0 saturated carbocycles. The molecule has 1 aromatic carbocycles. The predicted molar refractivity (Wildman–Crippen MR) is 104 cm³/mol. The molecule has 124 valence electrons. The summed E-state index contributed by atoms with van der Waals surface area (Å²) in [6.07, 6.45) is 0. The van der Waals surface area contributed by atoms with Gasteiger partial charge < -0.3 is 16.4 Å². The molecule has 0 saturated heterocycles. The van der Waals surface area contributed by atoms with E-state index in [1.807, 2.05) is 31.2 Å². The lowest BCUT2D eigenvalue weighted by molar-refractivity contribution is 0.966. The minimum absolute atomic E-state index is 0.410. The maximum Gasteiger partial charge on any atom is 0.186 e. The monoisotopic (exact) mass is 351 g/mol. The highest BCUT2D eigenvalue weighted by molar-refractivity contribution is 7.80. The molecule has 0 bridgehead atoms. The molecule has 23 heavy (non-hydrogen) atoms. The van der Waals surface area contributed by atoms with E-state index in [0.717, 1.165) is 11.1 Å². The van der Waals surface area contributed by atoms with Crippen molar-refractivity contribution in [1.29, 1.82) is 0 Å². The van der Waals surface area contributed by atoms with Gasteiger partial charge in [0.1, 0.15) is 5.71 Å². The van der Waals surface area contributed by atoms with Crippen LogP contribution in [-0.4, -0.2) is 35.7 Å². The lowest BCUT2D eigenvalue weighted by Crippen LogP contribution is -2.32. The van der Waals surface area contributed by atoms with Crippen molar-refractivity contribution in [2.24, 2.45) is 15.9 Å². The van der Waals surface area contributed by atoms with Gasteiger partial charge in [-0.15, -0.1) is 0 Å². The molecular formula is C14H21N7S2. The molecule has 0 fully saturated rings. The van der Waals surface area contributed by atoms with E-state index in [1.54, 1.807) is 14.1 Å². The molecule has 1 aromatic rings. The third-order valence-corrected chi connectivity index (χ3v) is 3.45. The normalized spacial score (nSPS) is 11.7. The van der Waals surface area contributed by atoms with Crippen molar-refractivity contribution in [2.45, 2.75) is 13.5 Å². The van der Waals surface area contributed by atoms with Crippen molar-refractivity contribution in [3.63, 3.8) is 0 Å². The second-order valence-electron chi connectivity index (χ2n) is 4.44. The van der Waals surface area contributed by atoms with Crippen LogP contribution in [0.5, 0.6) is 0 Å². The van der Waals surface area contributed by atoms with Crippen molar-refractivity contribution in [3.8, 4) is 0 Å². The van der Waals surface area contributed by atoms with E-state index in [0.29, 0.717) is 28.2 Å². The van der Waals surface area contributed by atoms with Crippen LogP contribution in [0.2, 0.25) is 0 Å². The summed E-state index contributed by atoms with van der Waals surface area (Å²) in [7, 11) is 3.43. The summed E-state index contributed by atoms with van der Waals surface area (Å²) in [5, 5.41) is 15.0. The zero-order chi connectivity index (χ0) is 17.2. The number of nitrogens with zero attached hydrogens (tertiary/aromatic N) is 2. The summed E-state index contributed by atoms with van der Waals surface area (Å²) in [6, 6.07) is 7.75. The molecule has 6 N–H and O–H groups in total. The molecule has 0 aromatic heterocycles. The second kappa shape index (κ2) is 9.82. The summed E-state index contributed by atoms with van der Waals surface area (Å²) >= 11 is 10.0. The maximum absolute atomic E-state index is 5.63. The number of benzene rings is 1. The molecule has 0 unspecified atom stereocenters. The Morgan fingerprint density at radius 2 is 1.52 bits per heavy atom. The molecular weight excluding hydrogens is 330 g/mol. The number of nitrogens with two attached hydrogens (primary N) is 1. The summed E-state index contributed by atoms with van der Waals surface area (Å²) in [5.41, 5.74) is 14.3. The number of hydrogen-bond donors (Lipinski definition) is 5. The van der Waals surface area contributed by atoms with Gasteiger partial charge in [0.15, 0.2) is 10.2 Å². The van der Waals surface area contributed by atoms with Gasteiger partial charge in [0.2, 0.25) is 0 Å². The molecule has 0 atom stereocenters. The van der Waals surface area contributed by atoms with Crippen LogP contribution in [0.4, 0.5) is 0 Å². The Bertz CT molecular complexity index is 608. The smallest absolute Gasteiger partial charge is 0.186 e. The van der Waals surface area contributed by atoms with Gasteiger partial charge in [0.05, 0.1) is 5.71 Å². The van der Waals surface area contributed by atoms with E-state index < -0.39 is 0 Å². The Morgan fingerprint density at radius 3 is 2.00 bits per heavy atom. The van der Waals surface area contributed by atoms with E-state index in [4.69, 9.17) is 30.2 Å². The van der Waals surface area contributed by atoms with Gasteiger partial charge in [-0.1, -0.05) is 24.3 Å². The quantitative estimate of drug-likeness (QED) is 0.298. The molecule has 0 aliphatic rings. The summed E-state index contributed by atoms with van der Waals surface area (Å²) in [5.74, 6) is 0. The van der Waals surface area contributed by atoms with Gasteiger partial charge in [0.25, 0.3) is 0 Å². The largest absolute Gasteiger partial charge is 0.364 e. The van der Waals surface area contributed by atoms with E-state index in [1.165, 1.54) is 0 Å². The minimum atomic E-state index is 0.410. The maximum atomic E-state index is 5.63. The van der Waals surface area contributed by atoms with E-state index in [-0.39, 0.29) is 0 Å². The number of nitrogens with one attached hydrogen (secondary N) is 4. The van der Waals surface area contributed by atoms with Gasteiger partial charge >= 0.3 is 0 Å². The van der Waals surface area contributed by atoms with Crippen molar-refractivity contribution in [2.75, 3.05) is 14.1 Å². The number of hydrazone groups is 2. The van der Waals surface area contributed by atoms with Gasteiger partial charge in [-0.2, -0.15) is 10.2 Å². The van der Waals surface area contributed by atoms with Crippen LogP contribution in [-0.2, 0) is 6.54 Å². The predicted octanol–water partition coefficient (Wildman–Crippen LogP) is 0.413. The first kappa shape index (κ1) is 18.9. The molecule has 0 amide bonds. The van der Waals surface area contributed by atoms with Gasteiger partial charge in [-0.25, -0.2) is 0 Å². The van der Waals surface area contributed by atoms with Crippen LogP contribution in [0.1, 0.15) is 18.1 Å². The second-order valence-corrected chi connectivity index (χ2v) is 5.26. The van der Waals surface area contributed by atoms with Crippen LogP contribution < -0.4 is 27.2 Å². The third kappa shape index (κ3) is 6.27. The van der Waals surface area contributed by atoms with E-state index in [2.05, 4.69) is 31.7 Å². The first-order chi connectivity index (χ1) is 11.0. The van der Waals surface area contributed by atoms with E-state index in [9.17, 15) is 0 Å². The van der Waals surface area contributed by atoms with Gasteiger partial charge in [-0.05, 0) is 36.9 Å². The molecule has 9 heteroatoms. The fourth-order valence-corrected chi connectivity index (χ4v) is 1.65. The highest BCUT2D eigenvalue weighted by atomic mass is 32.1. The van der Waals surface area contributed by atoms with Crippen molar-refractivity contribution < 1.29 is 0 Å². The van der Waals surface area contributed by atoms with Crippen LogP contribution in [0, 0.1) is 0 Å². The minimum Gasteiger partial charge on any atom is -0.364 e. The Kier molecular flexibility index (Phi) is 8.09. The van der Waals surface area contributed by atoms with Crippen LogP contribution in [0.25, 0.3) is 0 Å². The summed E-state index contributed by atoms with van der Waals surface area (Å²) < 4.78 is 0. The zero-order valence-corrected chi connectivity index (χ0v) is 14.9. The Labute approximate surface area is 146 Å². The highest BCUT2D eigenvalue weighted by Crippen LogP contribution is 2.06. The van der Waals surface area contributed by atoms with Gasteiger partial charge in [-0.3, -0.25) is 10.9 Å². The lowest BCUT2D eigenvalue weighted by Gasteiger charge is -2.10. The average molecular weight is 352 g/mol. The SMILES string of the molecule is CNC(=S)NN=C(C)C(=NNC(=S)NC)c1ccc(CN)cc1. The molecule has 0 aliphatic carbocycles. The van der Waals surface area contributed by atoms with Crippen molar-refractivity contribution >= 4 is 46.1 Å². The first-order valence-corrected chi connectivity index (χ1v) is 7.70. The lowest BCUT2D eigenvalue weighted by atomic mass is 10.0. The molecule has 1 rings (SSSR count). The standard InChI is InChI=1S/C14H21N7S2/c1-9(18-20-13(22)16-2)12(19-21-14(23)17-3)11-6-4-10(8-15)5-7-11/h4-7H,8,15H2,1-3H3,(H2,16,20,22)(H2,17,21,23). The molecule has 0 spiro atoms. The Balaban J connectivity index is 3.09. The third-order valence-electron chi connectivity index (χ3n) is 2.85. The fourth-order valence-electron chi connectivity index (χ4n) is 1.56. The number of thiocarbonyl (C=S) groups is 2. The van der Waals surface area contributed by atoms with Crippen LogP contribution in [0.15, 0.2) is 34.5 Å². The van der Waals surface area contributed by atoms with Crippen molar-refractivity contribution in [3.05, 3.63) is 35.4 Å². The number of hydrogen-bond acceptors (Lipinski definition) is 5. The summed E-state index contributed by atoms with van der Waals surface area (Å²) in [6.45, 7) is 2.31. The highest BCUT2D eigenvalue weighted by Gasteiger charge is 2.09. The molecule has 0 heterocycles. The Morgan fingerprint density at radius 1 is 1.00 bits per heavy atom. The molecule has 0 aliphatic heterocycles. The topological polar surface area (TPSA) is 98.9 Å². The first-order valence-electron chi connectivity index (χ1n) is 6.89. The van der Waals surface area contributed by atoms with Crippen LogP contribution in [0.3, 0.4) is 0 Å². The fraction of sp³-hybridized carbons (Fsp3) is 0.286. The van der Waals surface area contributed by atoms with Gasteiger partial charge in [0, 0.05) is 26.2 Å². The Hall–Kier alpha value is -2.10. The zero-order valence-electron chi connectivity index (χ0n) is 13.3. The molecule has 0 radical (unpaired) electrons. The molecule has 7 nitrogen and oxygen atoms in total. The van der Waals surface area contributed by atoms with Crippen LogP contribution >= 0.6 is 24.4 Å². The van der Waals surface area contributed by atoms with E-state index >= 15 is 0 Å².